The van der Waals surface area contributed by atoms with E-state index < -0.39 is 5.41 Å². The molecule has 2 heteroatoms. The minimum absolute atomic E-state index is 0.0298. The summed E-state index contributed by atoms with van der Waals surface area (Å²) in [5, 5.41) is 9.65. The van der Waals surface area contributed by atoms with E-state index in [1.807, 2.05) is 6.08 Å². The van der Waals surface area contributed by atoms with E-state index >= 15 is 0 Å². The van der Waals surface area contributed by atoms with E-state index in [4.69, 9.17) is 0 Å². The second-order valence-corrected chi connectivity index (χ2v) is 5.65. The fourth-order valence-corrected chi connectivity index (χ4v) is 3.37. The van der Waals surface area contributed by atoms with Gasteiger partial charge in [0.2, 0.25) is 0 Å². The van der Waals surface area contributed by atoms with Crippen molar-refractivity contribution in [1.29, 1.82) is 5.26 Å². The fourth-order valence-electron chi connectivity index (χ4n) is 3.37. The number of ketones is 1. The maximum atomic E-state index is 11.5. The van der Waals surface area contributed by atoms with E-state index in [0.29, 0.717) is 17.8 Å². The number of nitriles is 1. The first kappa shape index (κ1) is 12.1. The van der Waals surface area contributed by atoms with E-state index in [9.17, 15) is 10.1 Å². The highest BCUT2D eigenvalue weighted by Gasteiger charge is 2.47. The summed E-state index contributed by atoms with van der Waals surface area (Å²) in [6.45, 7) is 6.46. The van der Waals surface area contributed by atoms with E-state index in [1.165, 1.54) is 0 Å². The van der Waals surface area contributed by atoms with Gasteiger partial charge in [0.05, 0.1) is 6.07 Å². The van der Waals surface area contributed by atoms with Crippen LogP contribution in [-0.4, -0.2) is 5.78 Å². The Morgan fingerprint density at radius 2 is 2.18 bits per heavy atom. The summed E-state index contributed by atoms with van der Waals surface area (Å²) in [6.07, 6.45) is 7.27. The van der Waals surface area contributed by atoms with Crippen molar-refractivity contribution in [2.24, 2.45) is 23.2 Å². The predicted octanol–water partition coefficient (Wildman–Crippen LogP) is 3.26. The lowest BCUT2D eigenvalue weighted by atomic mass is 9.56. The molecule has 0 aromatic heterocycles. The Hall–Kier alpha value is -1.36. The van der Waals surface area contributed by atoms with Crippen LogP contribution in [0.3, 0.4) is 0 Å². The molecule has 0 amide bonds. The Kier molecular flexibility index (Phi) is 2.95. The molecule has 90 valence electrons. The zero-order chi connectivity index (χ0) is 12.6. The standard InChI is InChI=1S/C15H19NO/c1-10(2)13-5-4-11(3)14-8-12(17)6-7-15(13,14)9-16/h6-8,10-11,13H,4-5H2,1-3H3/t11-,13+,15+/m1/s1. The highest BCUT2D eigenvalue weighted by molar-refractivity contribution is 6.01. The van der Waals surface area contributed by atoms with Crippen molar-refractivity contribution in [3.8, 4) is 6.07 Å². The number of carbonyl (C=O) groups excluding carboxylic acids is 1. The molecule has 0 aliphatic heterocycles. The summed E-state index contributed by atoms with van der Waals surface area (Å²) < 4.78 is 0. The summed E-state index contributed by atoms with van der Waals surface area (Å²) in [7, 11) is 0. The first-order valence-electron chi connectivity index (χ1n) is 6.37. The SMILES string of the molecule is CC(C)[C@@H]1CC[C@@H](C)C2=CC(=O)C=C[C@@]21C#N. The van der Waals surface area contributed by atoms with Crippen LogP contribution in [-0.2, 0) is 4.79 Å². The summed E-state index contributed by atoms with van der Waals surface area (Å²) in [4.78, 5) is 11.5. The molecular weight excluding hydrogens is 210 g/mol. The van der Waals surface area contributed by atoms with Gasteiger partial charge in [-0.15, -0.1) is 0 Å². The molecule has 0 bridgehead atoms. The molecule has 0 radical (unpaired) electrons. The van der Waals surface area contributed by atoms with Crippen molar-refractivity contribution < 1.29 is 4.79 Å². The average molecular weight is 229 g/mol. The molecule has 0 unspecified atom stereocenters. The Balaban J connectivity index is 2.53. The number of nitrogens with zero attached hydrogens (tertiary/aromatic N) is 1. The summed E-state index contributed by atoms with van der Waals surface area (Å²) >= 11 is 0. The minimum Gasteiger partial charge on any atom is -0.290 e. The van der Waals surface area contributed by atoms with E-state index in [-0.39, 0.29) is 5.78 Å². The van der Waals surface area contributed by atoms with Crippen molar-refractivity contribution >= 4 is 5.78 Å². The van der Waals surface area contributed by atoms with Gasteiger partial charge in [0.1, 0.15) is 5.41 Å². The quantitative estimate of drug-likeness (QED) is 0.692. The van der Waals surface area contributed by atoms with Gasteiger partial charge >= 0.3 is 0 Å². The monoisotopic (exact) mass is 229 g/mol. The maximum absolute atomic E-state index is 11.5. The van der Waals surface area contributed by atoms with Gasteiger partial charge in [0.25, 0.3) is 0 Å². The molecule has 0 spiro atoms. The highest BCUT2D eigenvalue weighted by atomic mass is 16.1. The van der Waals surface area contributed by atoms with Crippen LogP contribution in [0, 0.1) is 34.5 Å². The lowest BCUT2D eigenvalue weighted by Crippen LogP contribution is -2.40. The molecule has 0 N–H and O–H groups in total. The van der Waals surface area contributed by atoms with Crippen molar-refractivity contribution in [2.45, 2.75) is 33.6 Å². The Morgan fingerprint density at radius 1 is 1.47 bits per heavy atom. The first-order chi connectivity index (χ1) is 8.01. The van der Waals surface area contributed by atoms with Crippen molar-refractivity contribution in [2.75, 3.05) is 0 Å². The Labute approximate surface area is 103 Å². The molecule has 1 fully saturated rings. The van der Waals surface area contributed by atoms with Crippen LogP contribution >= 0.6 is 0 Å². The largest absolute Gasteiger partial charge is 0.290 e. The zero-order valence-corrected chi connectivity index (χ0v) is 10.7. The van der Waals surface area contributed by atoms with Crippen LogP contribution in [0.25, 0.3) is 0 Å². The van der Waals surface area contributed by atoms with Gasteiger partial charge < -0.3 is 0 Å². The van der Waals surface area contributed by atoms with E-state index in [2.05, 4.69) is 26.8 Å². The molecule has 3 atom stereocenters. The number of rotatable bonds is 1. The van der Waals surface area contributed by atoms with Crippen LogP contribution in [0.5, 0.6) is 0 Å². The second-order valence-electron chi connectivity index (χ2n) is 5.65. The smallest absolute Gasteiger partial charge is 0.178 e. The second kappa shape index (κ2) is 4.14. The van der Waals surface area contributed by atoms with Crippen LogP contribution < -0.4 is 0 Å². The molecule has 2 aliphatic rings. The zero-order valence-electron chi connectivity index (χ0n) is 10.7. The number of allylic oxidation sites excluding steroid dienone is 4. The van der Waals surface area contributed by atoms with Gasteiger partial charge in [-0.05, 0) is 48.3 Å². The summed E-state index contributed by atoms with van der Waals surface area (Å²) in [5.41, 5.74) is 0.511. The summed E-state index contributed by atoms with van der Waals surface area (Å²) in [5.74, 6) is 1.17. The molecule has 2 rings (SSSR count). The van der Waals surface area contributed by atoms with Crippen LogP contribution in [0.2, 0.25) is 0 Å². The molecule has 0 aromatic carbocycles. The molecule has 0 heterocycles. The Morgan fingerprint density at radius 3 is 2.76 bits per heavy atom. The highest BCUT2D eigenvalue weighted by Crippen LogP contribution is 2.52. The first-order valence-corrected chi connectivity index (χ1v) is 6.37. The topological polar surface area (TPSA) is 40.9 Å². The third kappa shape index (κ3) is 1.74. The van der Waals surface area contributed by atoms with Crippen LogP contribution in [0.15, 0.2) is 23.8 Å². The average Bonchev–Trinajstić information content (AvgIpc) is 2.30. The minimum atomic E-state index is -0.528. The van der Waals surface area contributed by atoms with Crippen LogP contribution in [0.4, 0.5) is 0 Å². The van der Waals surface area contributed by atoms with Gasteiger partial charge in [-0.25, -0.2) is 0 Å². The fraction of sp³-hybridized carbons (Fsp3) is 0.600. The lowest BCUT2D eigenvalue weighted by molar-refractivity contribution is -0.110. The van der Waals surface area contributed by atoms with Gasteiger partial charge in [0, 0.05) is 0 Å². The normalized spacial score (nSPS) is 36.4. The van der Waals surface area contributed by atoms with Crippen molar-refractivity contribution in [3.05, 3.63) is 23.8 Å². The van der Waals surface area contributed by atoms with Crippen LogP contribution in [0.1, 0.15) is 33.6 Å². The van der Waals surface area contributed by atoms with Gasteiger partial charge in [0.15, 0.2) is 5.78 Å². The number of hydrogen-bond donors (Lipinski definition) is 0. The van der Waals surface area contributed by atoms with Gasteiger partial charge in [-0.2, -0.15) is 5.26 Å². The lowest BCUT2D eigenvalue weighted by Gasteiger charge is -2.45. The maximum Gasteiger partial charge on any atom is 0.178 e. The van der Waals surface area contributed by atoms with E-state index in [0.717, 1.165) is 18.4 Å². The predicted molar refractivity (Wildman–Crippen MR) is 67.0 cm³/mol. The summed E-state index contributed by atoms with van der Waals surface area (Å²) in [6, 6.07) is 2.49. The number of hydrogen-bond acceptors (Lipinski definition) is 2. The van der Waals surface area contributed by atoms with Gasteiger partial charge in [-0.3, -0.25) is 4.79 Å². The van der Waals surface area contributed by atoms with Crippen molar-refractivity contribution in [3.63, 3.8) is 0 Å². The molecular formula is C15H19NO. The van der Waals surface area contributed by atoms with Gasteiger partial charge in [-0.1, -0.05) is 26.8 Å². The Bertz CT molecular complexity index is 438. The molecule has 1 saturated carbocycles. The molecule has 2 nitrogen and oxygen atoms in total. The van der Waals surface area contributed by atoms with E-state index in [1.54, 1.807) is 12.2 Å². The molecule has 0 aromatic rings. The number of fused-ring (bicyclic) bond motifs is 1. The third-order valence-electron chi connectivity index (χ3n) is 4.30. The third-order valence-corrected chi connectivity index (χ3v) is 4.30. The molecule has 17 heavy (non-hydrogen) atoms. The van der Waals surface area contributed by atoms with Crippen molar-refractivity contribution in [1.82, 2.24) is 0 Å². The molecule has 2 aliphatic carbocycles. The number of carbonyl (C=O) groups is 1. The molecule has 0 saturated heterocycles.